The molecule has 2 rings (SSSR count). The zero-order chi connectivity index (χ0) is 13.1. The van der Waals surface area contributed by atoms with E-state index in [0.717, 1.165) is 0 Å². The van der Waals surface area contributed by atoms with E-state index < -0.39 is 0 Å². The molecule has 1 aromatic rings. The van der Waals surface area contributed by atoms with Gasteiger partial charge >= 0.3 is 5.97 Å². The number of hydrogen-bond donors (Lipinski definition) is 1. The molecule has 1 aliphatic rings. The van der Waals surface area contributed by atoms with Gasteiger partial charge in [-0.15, -0.1) is 0 Å². The van der Waals surface area contributed by atoms with Gasteiger partial charge in [0.2, 0.25) is 0 Å². The molecule has 0 aromatic carbocycles. The summed E-state index contributed by atoms with van der Waals surface area (Å²) in [6.07, 6.45) is 1.27. The molecule has 0 saturated carbocycles. The third kappa shape index (κ3) is 2.46. The van der Waals surface area contributed by atoms with Crippen molar-refractivity contribution in [2.24, 2.45) is 5.92 Å². The molecule has 1 aromatic heterocycles. The third-order valence-electron chi connectivity index (χ3n) is 3.15. The molecule has 1 fully saturated rings. The summed E-state index contributed by atoms with van der Waals surface area (Å²) in [6.45, 7) is 5.30. The topological polar surface area (TPSA) is 62.7 Å². The van der Waals surface area contributed by atoms with Gasteiger partial charge in [0.1, 0.15) is 11.4 Å². The molecule has 0 amide bonds. The number of ether oxygens (including phenoxy) is 1. The Kier molecular flexibility index (Phi) is 3.81. The van der Waals surface area contributed by atoms with Gasteiger partial charge in [-0.2, -0.15) is 0 Å². The van der Waals surface area contributed by atoms with Crippen molar-refractivity contribution in [3.05, 3.63) is 23.9 Å². The van der Waals surface area contributed by atoms with E-state index in [9.17, 15) is 9.90 Å². The van der Waals surface area contributed by atoms with E-state index in [1.807, 2.05) is 11.8 Å². The highest BCUT2D eigenvalue weighted by Gasteiger charge is 2.30. The second-order valence-electron chi connectivity index (χ2n) is 4.54. The number of esters is 1. The van der Waals surface area contributed by atoms with Crippen LogP contribution >= 0.6 is 0 Å². The summed E-state index contributed by atoms with van der Waals surface area (Å²) in [4.78, 5) is 18.0. The van der Waals surface area contributed by atoms with Crippen LogP contribution < -0.4 is 4.90 Å². The van der Waals surface area contributed by atoms with Crippen molar-refractivity contribution in [1.29, 1.82) is 0 Å². The maximum atomic E-state index is 11.8. The number of carbonyl (C=O) groups excluding carboxylic acids is 1. The zero-order valence-electron chi connectivity index (χ0n) is 10.7. The highest BCUT2D eigenvalue weighted by Crippen LogP contribution is 2.25. The predicted octanol–water partition coefficient (Wildman–Crippen LogP) is 1.08. The molecule has 0 aliphatic carbocycles. The molecule has 5 heteroatoms. The van der Waals surface area contributed by atoms with Crippen LogP contribution in [-0.2, 0) is 4.74 Å². The SMILES string of the molecule is CCOC(=O)c1cccnc1N1C[C@H](C)[C@@H](O)C1. The number of anilines is 1. The molecule has 0 spiro atoms. The zero-order valence-corrected chi connectivity index (χ0v) is 10.7. The van der Waals surface area contributed by atoms with Crippen molar-refractivity contribution in [3.63, 3.8) is 0 Å². The van der Waals surface area contributed by atoms with Gasteiger partial charge in [0.15, 0.2) is 0 Å². The van der Waals surface area contributed by atoms with E-state index in [4.69, 9.17) is 4.74 Å². The molecular weight excluding hydrogens is 232 g/mol. The minimum Gasteiger partial charge on any atom is -0.462 e. The van der Waals surface area contributed by atoms with E-state index in [1.54, 1.807) is 25.3 Å². The Bertz CT molecular complexity index is 426. The van der Waals surface area contributed by atoms with Crippen molar-refractivity contribution in [3.8, 4) is 0 Å². The average molecular weight is 250 g/mol. The molecular formula is C13H18N2O3. The minimum atomic E-state index is -0.373. The predicted molar refractivity (Wildman–Crippen MR) is 67.6 cm³/mol. The van der Waals surface area contributed by atoms with E-state index in [0.29, 0.717) is 31.1 Å². The maximum Gasteiger partial charge on any atom is 0.341 e. The van der Waals surface area contributed by atoms with Gasteiger partial charge in [0.25, 0.3) is 0 Å². The Morgan fingerprint density at radius 2 is 2.39 bits per heavy atom. The molecule has 2 atom stereocenters. The Labute approximate surface area is 106 Å². The lowest BCUT2D eigenvalue weighted by Crippen LogP contribution is -2.25. The van der Waals surface area contributed by atoms with Crippen LogP contribution in [0.2, 0.25) is 0 Å². The fraction of sp³-hybridized carbons (Fsp3) is 0.538. The summed E-state index contributed by atoms with van der Waals surface area (Å²) in [5, 5.41) is 9.78. The average Bonchev–Trinajstić information content (AvgIpc) is 2.70. The lowest BCUT2D eigenvalue weighted by molar-refractivity contribution is 0.0526. The highest BCUT2D eigenvalue weighted by atomic mass is 16.5. The van der Waals surface area contributed by atoms with Gasteiger partial charge in [-0.1, -0.05) is 6.92 Å². The normalized spacial score (nSPS) is 23.2. The van der Waals surface area contributed by atoms with E-state index in [-0.39, 0.29) is 18.0 Å². The van der Waals surface area contributed by atoms with E-state index >= 15 is 0 Å². The highest BCUT2D eigenvalue weighted by molar-refractivity contribution is 5.94. The summed E-state index contributed by atoms with van der Waals surface area (Å²) < 4.78 is 5.01. The first-order chi connectivity index (χ1) is 8.63. The molecule has 2 heterocycles. The number of aliphatic hydroxyl groups excluding tert-OH is 1. The van der Waals surface area contributed by atoms with Crippen molar-refractivity contribution in [1.82, 2.24) is 4.98 Å². The van der Waals surface area contributed by atoms with Crippen LogP contribution in [0.15, 0.2) is 18.3 Å². The molecule has 98 valence electrons. The molecule has 0 bridgehead atoms. The number of hydrogen-bond acceptors (Lipinski definition) is 5. The number of aromatic nitrogens is 1. The Morgan fingerprint density at radius 3 is 3.00 bits per heavy atom. The van der Waals surface area contributed by atoms with E-state index in [1.165, 1.54) is 0 Å². The van der Waals surface area contributed by atoms with Crippen LogP contribution in [0.1, 0.15) is 24.2 Å². The fourth-order valence-corrected chi connectivity index (χ4v) is 2.14. The molecule has 0 radical (unpaired) electrons. The standard InChI is InChI=1S/C13H18N2O3/c1-3-18-13(17)10-5-4-6-14-12(10)15-7-9(2)11(16)8-15/h4-6,9,11,16H,3,7-8H2,1-2H3/t9-,11-/m0/s1. The van der Waals surface area contributed by atoms with Crippen molar-refractivity contribution in [2.75, 3.05) is 24.6 Å². The number of aliphatic hydroxyl groups is 1. The van der Waals surface area contributed by atoms with Crippen LogP contribution in [0.3, 0.4) is 0 Å². The van der Waals surface area contributed by atoms with Crippen LogP contribution in [0, 0.1) is 5.92 Å². The van der Waals surface area contributed by atoms with Crippen LogP contribution in [0.4, 0.5) is 5.82 Å². The summed E-state index contributed by atoms with van der Waals surface area (Å²) in [5.74, 6) is 0.413. The van der Waals surface area contributed by atoms with Gasteiger partial charge in [-0.25, -0.2) is 9.78 Å². The minimum absolute atomic E-state index is 0.182. The quantitative estimate of drug-likeness (QED) is 0.813. The monoisotopic (exact) mass is 250 g/mol. The van der Waals surface area contributed by atoms with Gasteiger partial charge in [0.05, 0.1) is 12.7 Å². The molecule has 1 saturated heterocycles. The van der Waals surface area contributed by atoms with Crippen LogP contribution in [0.5, 0.6) is 0 Å². The van der Waals surface area contributed by atoms with Crippen molar-refractivity contribution < 1.29 is 14.6 Å². The van der Waals surface area contributed by atoms with Crippen molar-refractivity contribution in [2.45, 2.75) is 20.0 Å². The number of carbonyl (C=O) groups is 1. The van der Waals surface area contributed by atoms with E-state index in [2.05, 4.69) is 4.98 Å². The second-order valence-corrected chi connectivity index (χ2v) is 4.54. The van der Waals surface area contributed by atoms with Crippen LogP contribution in [-0.4, -0.2) is 41.9 Å². The van der Waals surface area contributed by atoms with Crippen LogP contribution in [0.25, 0.3) is 0 Å². The first kappa shape index (κ1) is 12.8. The third-order valence-corrected chi connectivity index (χ3v) is 3.15. The summed E-state index contributed by atoms with van der Waals surface area (Å²) in [7, 11) is 0. The first-order valence-corrected chi connectivity index (χ1v) is 6.18. The second kappa shape index (κ2) is 5.35. The lowest BCUT2D eigenvalue weighted by Gasteiger charge is -2.19. The summed E-state index contributed by atoms with van der Waals surface area (Å²) >= 11 is 0. The Balaban J connectivity index is 2.25. The number of β-amino-alcohol motifs (C(OH)–C–C–N with tert-alkyl or cyclic N) is 1. The molecule has 18 heavy (non-hydrogen) atoms. The molecule has 5 nitrogen and oxygen atoms in total. The first-order valence-electron chi connectivity index (χ1n) is 6.18. The Morgan fingerprint density at radius 1 is 1.61 bits per heavy atom. The number of pyridine rings is 1. The summed E-state index contributed by atoms with van der Waals surface area (Å²) in [6, 6.07) is 3.42. The van der Waals surface area contributed by atoms with Gasteiger partial charge in [-0.3, -0.25) is 0 Å². The van der Waals surface area contributed by atoms with Gasteiger partial charge < -0.3 is 14.7 Å². The number of rotatable bonds is 3. The molecule has 1 aliphatic heterocycles. The fourth-order valence-electron chi connectivity index (χ4n) is 2.14. The Hall–Kier alpha value is -1.62. The maximum absolute atomic E-state index is 11.8. The van der Waals surface area contributed by atoms with Gasteiger partial charge in [0, 0.05) is 25.2 Å². The molecule has 0 unspecified atom stereocenters. The smallest absolute Gasteiger partial charge is 0.341 e. The molecule has 1 N–H and O–H groups in total. The lowest BCUT2D eigenvalue weighted by atomic mass is 10.1. The largest absolute Gasteiger partial charge is 0.462 e. The van der Waals surface area contributed by atoms with Crippen molar-refractivity contribution >= 4 is 11.8 Å². The summed E-state index contributed by atoms with van der Waals surface area (Å²) in [5.41, 5.74) is 0.459. The number of nitrogens with zero attached hydrogens (tertiary/aromatic N) is 2. The van der Waals surface area contributed by atoms with Gasteiger partial charge in [-0.05, 0) is 19.1 Å².